The van der Waals surface area contributed by atoms with Crippen LogP contribution in [0.3, 0.4) is 0 Å². The number of nitrogens with one attached hydrogen (secondary N) is 1. The fraction of sp³-hybridized carbons (Fsp3) is 0.0769. The van der Waals surface area contributed by atoms with Gasteiger partial charge in [-0.15, -0.1) is 6.42 Å². The number of terminal acetylenes is 1. The second-order valence-corrected chi connectivity index (χ2v) is 10.1. The Balaban J connectivity index is 1.48. The van der Waals surface area contributed by atoms with Crippen LogP contribution in [0.25, 0.3) is 54.2 Å². The quantitative estimate of drug-likeness (QED) is 0.0803. The van der Waals surface area contributed by atoms with Crippen molar-refractivity contribution in [2.45, 2.75) is 13.8 Å². The molecule has 6 aromatic rings. The SMILES string of the molecule is C#C[C]=C=C=C=CN=C(Nc1ccc(-c2cc3c4ccccc4c4ccccc4c3c3ccccc23)cc1)C(C)C. The van der Waals surface area contributed by atoms with E-state index in [0.29, 0.717) is 0 Å². The van der Waals surface area contributed by atoms with E-state index >= 15 is 0 Å². The minimum Gasteiger partial charge on any atom is -0.344 e. The second kappa shape index (κ2) is 11.3. The highest BCUT2D eigenvalue weighted by molar-refractivity contribution is 6.33. The van der Waals surface area contributed by atoms with Crippen molar-refractivity contribution in [1.82, 2.24) is 0 Å². The summed E-state index contributed by atoms with van der Waals surface area (Å²) in [6.45, 7) is 4.18. The molecule has 1 N–H and O–H groups in total. The van der Waals surface area contributed by atoms with Crippen molar-refractivity contribution >= 4 is 54.6 Å². The summed E-state index contributed by atoms with van der Waals surface area (Å²) in [6, 6.07) is 37.2. The highest BCUT2D eigenvalue weighted by Gasteiger charge is 2.15. The van der Waals surface area contributed by atoms with Crippen LogP contribution in [-0.2, 0) is 0 Å². The molecule has 0 unspecified atom stereocenters. The lowest BCUT2D eigenvalue weighted by molar-refractivity contribution is 0.880. The first-order valence-electron chi connectivity index (χ1n) is 13.6. The van der Waals surface area contributed by atoms with Crippen LogP contribution in [0.4, 0.5) is 5.69 Å². The molecule has 0 amide bonds. The molecule has 0 bridgehead atoms. The zero-order chi connectivity index (χ0) is 28.2. The van der Waals surface area contributed by atoms with Crippen molar-refractivity contribution in [3.63, 3.8) is 0 Å². The summed E-state index contributed by atoms with van der Waals surface area (Å²) in [5.74, 6) is 3.26. The van der Waals surface area contributed by atoms with E-state index in [-0.39, 0.29) is 5.92 Å². The van der Waals surface area contributed by atoms with E-state index in [4.69, 9.17) is 6.42 Å². The van der Waals surface area contributed by atoms with Gasteiger partial charge in [0.1, 0.15) is 5.84 Å². The van der Waals surface area contributed by atoms with E-state index in [1.165, 1.54) is 54.2 Å². The molecule has 0 aromatic heterocycles. The fourth-order valence-electron chi connectivity index (χ4n) is 5.45. The lowest BCUT2D eigenvalue weighted by Gasteiger charge is -2.17. The maximum Gasteiger partial charge on any atom is 0.109 e. The zero-order valence-corrected chi connectivity index (χ0v) is 23.0. The molecule has 0 saturated heterocycles. The lowest BCUT2D eigenvalue weighted by Crippen LogP contribution is -2.18. The Hall–Kier alpha value is -5.53. The number of hydrogen-bond acceptors (Lipinski definition) is 1. The molecule has 0 fully saturated rings. The molecule has 1 radical (unpaired) electrons. The van der Waals surface area contributed by atoms with Crippen molar-refractivity contribution in [2.24, 2.45) is 10.9 Å². The van der Waals surface area contributed by atoms with Crippen LogP contribution in [0.5, 0.6) is 0 Å². The van der Waals surface area contributed by atoms with Gasteiger partial charge in [-0.2, -0.15) is 0 Å². The average molecular weight is 524 g/mol. The summed E-state index contributed by atoms with van der Waals surface area (Å²) < 4.78 is 0. The number of allylic oxidation sites excluding steroid dienone is 1. The molecular weight excluding hydrogens is 496 g/mol. The molecule has 193 valence electrons. The minimum atomic E-state index is 0.192. The maximum absolute atomic E-state index is 5.12. The number of benzene rings is 6. The number of anilines is 1. The highest BCUT2D eigenvalue weighted by Crippen LogP contribution is 2.42. The number of fused-ring (bicyclic) bond motifs is 8. The third kappa shape index (κ3) is 4.97. The van der Waals surface area contributed by atoms with Gasteiger partial charge < -0.3 is 5.32 Å². The topological polar surface area (TPSA) is 24.4 Å². The molecule has 0 saturated carbocycles. The number of nitrogens with zero attached hydrogens (tertiary/aromatic N) is 1. The number of hydrogen-bond donors (Lipinski definition) is 1. The van der Waals surface area contributed by atoms with Crippen LogP contribution in [-0.4, -0.2) is 5.84 Å². The Morgan fingerprint density at radius 2 is 1.27 bits per heavy atom. The fourth-order valence-corrected chi connectivity index (χ4v) is 5.45. The first-order chi connectivity index (χ1) is 20.2. The molecule has 2 heteroatoms. The smallest absolute Gasteiger partial charge is 0.109 e. The van der Waals surface area contributed by atoms with Gasteiger partial charge in [0.15, 0.2) is 0 Å². The van der Waals surface area contributed by atoms with E-state index in [1.54, 1.807) is 6.20 Å². The second-order valence-electron chi connectivity index (χ2n) is 10.1. The molecule has 0 spiro atoms. The van der Waals surface area contributed by atoms with E-state index < -0.39 is 0 Å². The van der Waals surface area contributed by atoms with E-state index in [9.17, 15) is 0 Å². The van der Waals surface area contributed by atoms with Gasteiger partial charge in [-0.25, -0.2) is 4.99 Å². The predicted molar refractivity (Wildman–Crippen MR) is 175 cm³/mol. The van der Waals surface area contributed by atoms with Crippen LogP contribution in [0.15, 0.2) is 132 Å². The average Bonchev–Trinajstić information content (AvgIpc) is 3.02. The van der Waals surface area contributed by atoms with Crippen LogP contribution >= 0.6 is 0 Å². The molecule has 0 atom stereocenters. The van der Waals surface area contributed by atoms with Crippen LogP contribution in [0.1, 0.15) is 13.8 Å². The molecule has 2 nitrogen and oxygen atoms in total. The van der Waals surface area contributed by atoms with Gasteiger partial charge >= 0.3 is 0 Å². The Kier molecular flexibility index (Phi) is 7.09. The standard InChI is InChI=1S/C39H27N2/c1-4-5-6-7-14-25-40-39(27(2)3)41-29-23-21-28(22-24-29)36-26-37-32-17-9-8-15-30(32)31-16-10-12-19-34(31)38(37)35-20-13-11-18-33(35)36/h1,8-13,15-27H,2-3H3,(H,40,41). The van der Waals surface area contributed by atoms with E-state index in [2.05, 4.69) is 156 Å². The summed E-state index contributed by atoms with van der Waals surface area (Å²) in [5.41, 5.74) is 11.4. The van der Waals surface area contributed by atoms with Crippen molar-refractivity contribution in [2.75, 3.05) is 5.32 Å². The Labute approximate surface area is 240 Å². The van der Waals surface area contributed by atoms with Gasteiger partial charge in [-0.1, -0.05) is 105 Å². The van der Waals surface area contributed by atoms with Crippen LogP contribution < -0.4 is 5.32 Å². The van der Waals surface area contributed by atoms with Gasteiger partial charge in [-0.05, 0) is 89.6 Å². The van der Waals surface area contributed by atoms with Crippen molar-refractivity contribution < 1.29 is 0 Å². The third-order valence-electron chi connectivity index (χ3n) is 7.30. The first kappa shape index (κ1) is 25.7. The van der Waals surface area contributed by atoms with Crippen molar-refractivity contribution in [3.8, 4) is 23.5 Å². The maximum atomic E-state index is 5.12. The van der Waals surface area contributed by atoms with Crippen molar-refractivity contribution in [3.05, 3.63) is 133 Å². The van der Waals surface area contributed by atoms with Gasteiger partial charge in [0, 0.05) is 11.6 Å². The van der Waals surface area contributed by atoms with Gasteiger partial charge in [0.05, 0.1) is 12.3 Å². The Bertz CT molecular complexity index is 2150. The number of aliphatic imine (C=N–C) groups is 1. The molecule has 6 rings (SSSR count). The summed E-state index contributed by atoms with van der Waals surface area (Å²) in [5, 5.41) is 13.7. The minimum absolute atomic E-state index is 0.192. The van der Waals surface area contributed by atoms with Gasteiger partial charge in [-0.3, -0.25) is 0 Å². The highest BCUT2D eigenvalue weighted by atomic mass is 15.0. The molecule has 41 heavy (non-hydrogen) atoms. The van der Waals surface area contributed by atoms with E-state index in [1.807, 2.05) is 0 Å². The zero-order valence-electron chi connectivity index (χ0n) is 23.0. The summed E-state index contributed by atoms with van der Waals surface area (Å²) in [7, 11) is 0. The summed E-state index contributed by atoms with van der Waals surface area (Å²) in [6.07, 6.45) is 9.15. The number of amidine groups is 1. The first-order valence-corrected chi connectivity index (χ1v) is 13.6. The normalized spacial score (nSPS) is 11.2. The molecular formula is C39H27N2. The summed E-state index contributed by atoms with van der Waals surface area (Å²) in [4.78, 5) is 4.51. The summed E-state index contributed by atoms with van der Waals surface area (Å²) >= 11 is 0. The predicted octanol–water partition coefficient (Wildman–Crippen LogP) is 9.85. The van der Waals surface area contributed by atoms with Gasteiger partial charge in [0.25, 0.3) is 0 Å². The van der Waals surface area contributed by atoms with Crippen molar-refractivity contribution in [1.29, 1.82) is 0 Å². The lowest BCUT2D eigenvalue weighted by atomic mass is 9.87. The van der Waals surface area contributed by atoms with Crippen LogP contribution in [0.2, 0.25) is 0 Å². The Morgan fingerprint density at radius 1 is 0.707 bits per heavy atom. The van der Waals surface area contributed by atoms with E-state index in [0.717, 1.165) is 11.5 Å². The molecule has 0 aliphatic carbocycles. The largest absolute Gasteiger partial charge is 0.344 e. The molecule has 0 heterocycles. The Morgan fingerprint density at radius 3 is 1.90 bits per heavy atom. The van der Waals surface area contributed by atoms with Gasteiger partial charge in [0.2, 0.25) is 0 Å². The van der Waals surface area contributed by atoms with Crippen LogP contribution in [0, 0.1) is 24.3 Å². The monoisotopic (exact) mass is 523 g/mol. The molecule has 6 aromatic carbocycles. The third-order valence-corrected chi connectivity index (χ3v) is 7.30. The molecule has 0 aliphatic heterocycles. The number of rotatable bonds is 4. The molecule has 0 aliphatic rings.